The SMILES string of the molecule is COC(=O)[C@@H](Nc1ccc(Cl)cc1)N1C(=O)c2ccccc2C1=O. The van der Waals surface area contributed by atoms with Crippen LogP contribution in [0.15, 0.2) is 48.5 Å². The second kappa shape index (κ2) is 6.33. The second-order valence-electron chi connectivity index (χ2n) is 5.10. The van der Waals surface area contributed by atoms with E-state index in [2.05, 4.69) is 5.32 Å². The molecule has 0 unspecified atom stereocenters. The van der Waals surface area contributed by atoms with Crippen LogP contribution in [0.1, 0.15) is 20.7 Å². The van der Waals surface area contributed by atoms with E-state index in [0.29, 0.717) is 10.7 Å². The van der Waals surface area contributed by atoms with Gasteiger partial charge in [0.25, 0.3) is 11.8 Å². The molecule has 0 bridgehead atoms. The number of fused-ring (bicyclic) bond motifs is 1. The highest BCUT2D eigenvalue weighted by Gasteiger charge is 2.43. The van der Waals surface area contributed by atoms with E-state index in [-0.39, 0.29) is 11.1 Å². The lowest BCUT2D eigenvalue weighted by atomic mass is 10.1. The molecular formula is C17H13ClN2O4. The van der Waals surface area contributed by atoms with Crippen molar-refractivity contribution in [2.75, 3.05) is 12.4 Å². The summed E-state index contributed by atoms with van der Waals surface area (Å²) in [4.78, 5) is 38.1. The molecular weight excluding hydrogens is 332 g/mol. The summed E-state index contributed by atoms with van der Waals surface area (Å²) in [7, 11) is 1.19. The van der Waals surface area contributed by atoms with Gasteiger partial charge in [-0.1, -0.05) is 23.7 Å². The number of carbonyl (C=O) groups is 3. The van der Waals surface area contributed by atoms with Gasteiger partial charge in [-0.25, -0.2) is 9.69 Å². The van der Waals surface area contributed by atoms with Crippen LogP contribution in [0.2, 0.25) is 5.02 Å². The van der Waals surface area contributed by atoms with Crippen LogP contribution in [0.5, 0.6) is 0 Å². The first-order valence-corrected chi connectivity index (χ1v) is 7.47. The van der Waals surface area contributed by atoms with E-state index in [1.54, 1.807) is 48.5 Å². The second-order valence-corrected chi connectivity index (χ2v) is 5.54. The number of anilines is 1. The van der Waals surface area contributed by atoms with Crippen LogP contribution < -0.4 is 5.32 Å². The summed E-state index contributed by atoms with van der Waals surface area (Å²) in [5, 5.41) is 3.37. The lowest BCUT2D eigenvalue weighted by Crippen LogP contribution is -2.50. The predicted molar refractivity (Wildman–Crippen MR) is 87.8 cm³/mol. The minimum Gasteiger partial charge on any atom is -0.466 e. The van der Waals surface area contributed by atoms with Crippen molar-refractivity contribution in [2.24, 2.45) is 0 Å². The maximum absolute atomic E-state index is 12.5. The van der Waals surface area contributed by atoms with Crippen LogP contribution in [0.3, 0.4) is 0 Å². The summed E-state index contributed by atoms with van der Waals surface area (Å²) in [6.07, 6.45) is -1.27. The third kappa shape index (κ3) is 2.72. The fourth-order valence-corrected chi connectivity index (χ4v) is 2.61. The number of imide groups is 1. The highest BCUT2D eigenvalue weighted by atomic mass is 35.5. The molecule has 3 rings (SSSR count). The van der Waals surface area contributed by atoms with E-state index < -0.39 is 23.9 Å². The van der Waals surface area contributed by atoms with Crippen molar-refractivity contribution >= 4 is 35.1 Å². The number of amides is 2. The molecule has 2 aromatic rings. The number of hydrogen-bond acceptors (Lipinski definition) is 5. The summed E-state index contributed by atoms with van der Waals surface area (Å²) in [5.74, 6) is -1.85. The Labute approximate surface area is 143 Å². The van der Waals surface area contributed by atoms with Gasteiger partial charge in [0, 0.05) is 10.7 Å². The van der Waals surface area contributed by atoms with Gasteiger partial charge < -0.3 is 10.1 Å². The number of benzene rings is 2. The smallest absolute Gasteiger partial charge is 0.350 e. The number of nitrogens with zero attached hydrogens (tertiary/aromatic N) is 1. The van der Waals surface area contributed by atoms with E-state index in [1.807, 2.05) is 0 Å². The van der Waals surface area contributed by atoms with Crippen molar-refractivity contribution in [1.29, 1.82) is 0 Å². The number of hydrogen-bond donors (Lipinski definition) is 1. The third-order valence-electron chi connectivity index (χ3n) is 3.66. The Hall–Kier alpha value is -2.86. The van der Waals surface area contributed by atoms with Crippen LogP contribution >= 0.6 is 11.6 Å². The van der Waals surface area contributed by atoms with Gasteiger partial charge in [0.1, 0.15) is 0 Å². The van der Waals surface area contributed by atoms with Crippen LogP contribution in [0, 0.1) is 0 Å². The molecule has 0 saturated carbocycles. The number of nitrogens with one attached hydrogen (secondary N) is 1. The first-order valence-electron chi connectivity index (χ1n) is 7.10. The van der Waals surface area contributed by atoms with E-state index in [0.717, 1.165) is 4.90 Å². The van der Waals surface area contributed by atoms with E-state index >= 15 is 0 Å². The van der Waals surface area contributed by atoms with Gasteiger partial charge in [0.05, 0.1) is 18.2 Å². The Balaban J connectivity index is 1.95. The van der Waals surface area contributed by atoms with Gasteiger partial charge >= 0.3 is 5.97 Å². The van der Waals surface area contributed by atoms with Gasteiger partial charge in [-0.2, -0.15) is 0 Å². The monoisotopic (exact) mass is 344 g/mol. The molecule has 122 valence electrons. The first-order chi connectivity index (χ1) is 11.5. The van der Waals surface area contributed by atoms with Crippen molar-refractivity contribution < 1.29 is 19.1 Å². The molecule has 0 saturated heterocycles. The zero-order valence-corrected chi connectivity index (χ0v) is 13.4. The molecule has 0 aromatic heterocycles. The Kier molecular flexibility index (Phi) is 4.22. The van der Waals surface area contributed by atoms with Crippen LogP contribution in [0.4, 0.5) is 5.69 Å². The van der Waals surface area contributed by atoms with E-state index in [9.17, 15) is 14.4 Å². The molecule has 24 heavy (non-hydrogen) atoms. The molecule has 1 N–H and O–H groups in total. The minimum atomic E-state index is -1.27. The highest BCUT2D eigenvalue weighted by molar-refractivity contribution is 6.30. The zero-order valence-electron chi connectivity index (χ0n) is 12.7. The summed E-state index contributed by atoms with van der Waals surface area (Å²) in [5.41, 5.74) is 1.04. The lowest BCUT2D eigenvalue weighted by molar-refractivity contribution is -0.144. The summed E-state index contributed by atoms with van der Waals surface area (Å²) < 4.78 is 4.74. The Morgan fingerprint density at radius 2 is 1.58 bits per heavy atom. The van der Waals surface area contributed by atoms with Gasteiger partial charge in [0.2, 0.25) is 6.17 Å². The molecule has 0 fully saturated rings. The fraction of sp³-hybridized carbons (Fsp3) is 0.118. The standard InChI is InChI=1S/C17H13ClN2O4/c1-24-17(23)14(19-11-8-6-10(18)7-9-11)20-15(21)12-4-2-3-5-13(12)16(20)22/h2-9,14,19H,1H3/t14-/m0/s1. The molecule has 2 amide bonds. The number of carbonyl (C=O) groups excluding carboxylic acids is 3. The van der Waals surface area contributed by atoms with Gasteiger partial charge in [0.15, 0.2) is 0 Å². The molecule has 1 heterocycles. The summed E-state index contributed by atoms with van der Waals surface area (Å²) in [6, 6.07) is 12.9. The predicted octanol–water partition coefficient (Wildman–Crippen LogP) is 2.55. The highest BCUT2D eigenvalue weighted by Crippen LogP contribution is 2.26. The van der Waals surface area contributed by atoms with Crippen molar-refractivity contribution in [2.45, 2.75) is 6.17 Å². The normalized spacial score (nSPS) is 14.3. The molecule has 6 nitrogen and oxygen atoms in total. The van der Waals surface area contributed by atoms with Crippen molar-refractivity contribution in [1.82, 2.24) is 4.90 Å². The molecule has 1 aliphatic heterocycles. The van der Waals surface area contributed by atoms with Crippen molar-refractivity contribution in [3.63, 3.8) is 0 Å². The maximum atomic E-state index is 12.5. The number of ether oxygens (including phenoxy) is 1. The molecule has 7 heteroatoms. The Bertz CT molecular complexity index is 785. The summed E-state index contributed by atoms with van der Waals surface area (Å²) >= 11 is 5.83. The first kappa shape index (κ1) is 16.0. The average Bonchev–Trinajstić information content (AvgIpc) is 2.85. The average molecular weight is 345 g/mol. The van der Waals surface area contributed by atoms with Crippen LogP contribution in [-0.2, 0) is 9.53 Å². The van der Waals surface area contributed by atoms with Crippen molar-refractivity contribution in [3.8, 4) is 0 Å². The van der Waals surface area contributed by atoms with Crippen molar-refractivity contribution in [3.05, 3.63) is 64.7 Å². The van der Waals surface area contributed by atoms with Gasteiger partial charge in [-0.15, -0.1) is 0 Å². The number of esters is 1. The van der Waals surface area contributed by atoms with Gasteiger partial charge in [-0.3, -0.25) is 9.59 Å². The van der Waals surface area contributed by atoms with E-state index in [4.69, 9.17) is 16.3 Å². The number of rotatable bonds is 4. The quantitative estimate of drug-likeness (QED) is 0.681. The molecule has 1 atom stereocenters. The number of methoxy groups -OCH3 is 1. The van der Waals surface area contributed by atoms with Gasteiger partial charge in [-0.05, 0) is 36.4 Å². The minimum absolute atomic E-state index is 0.259. The fourth-order valence-electron chi connectivity index (χ4n) is 2.49. The molecule has 1 aliphatic rings. The van der Waals surface area contributed by atoms with Crippen LogP contribution in [-0.4, -0.2) is 36.0 Å². The largest absolute Gasteiger partial charge is 0.466 e. The topological polar surface area (TPSA) is 75.7 Å². The Morgan fingerprint density at radius 3 is 2.08 bits per heavy atom. The van der Waals surface area contributed by atoms with E-state index in [1.165, 1.54) is 7.11 Å². The maximum Gasteiger partial charge on any atom is 0.350 e. The molecule has 2 aromatic carbocycles. The summed E-state index contributed by atoms with van der Waals surface area (Å²) in [6.45, 7) is 0. The number of halogens is 1. The van der Waals surface area contributed by atoms with Crippen LogP contribution in [0.25, 0.3) is 0 Å². The molecule has 0 radical (unpaired) electrons. The zero-order chi connectivity index (χ0) is 17.3. The Morgan fingerprint density at radius 1 is 1.04 bits per heavy atom. The third-order valence-corrected chi connectivity index (χ3v) is 3.91. The molecule has 0 aliphatic carbocycles. The molecule has 0 spiro atoms. The lowest BCUT2D eigenvalue weighted by Gasteiger charge is -2.25.